The van der Waals surface area contributed by atoms with Crippen LogP contribution in [0.15, 0.2) is 11.6 Å². The Morgan fingerprint density at radius 3 is 2.71 bits per heavy atom. The van der Waals surface area contributed by atoms with Crippen LogP contribution in [-0.4, -0.2) is 24.3 Å². The van der Waals surface area contributed by atoms with E-state index in [4.69, 9.17) is 4.74 Å². The van der Waals surface area contributed by atoms with Gasteiger partial charge in [-0.05, 0) is 80.0 Å². The minimum atomic E-state index is -0.134. The van der Waals surface area contributed by atoms with Gasteiger partial charge in [0.2, 0.25) is 0 Å². The molecule has 0 radical (unpaired) electrons. The molecular formula is C21H32O3. The van der Waals surface area contributed by atoms with Crippen molar-refractivity contribution in [1.82, 2.24) is 0 Å². The fourth-order valence-corrected chi connectivity index (χ4v) is 7.17. The van der Waals surface area contributed by atoms with Gasteiger partial charge in [-0.2, -0.15) is 0 Å². The molecule has 134 valence electrons. The maximum Gasteiger partial charge on any atom is 0.309 e. The summed E-state index contributed by atoms with van der Waals surface area (Å²) in [7, 11) is 1.54. The summed E-state index contributed by atoms with van der Waals surface area (Å²) in [5.74, 6) is 2.21. The summed E-state index contributed by atoms with van der Waals surface area (Å²) in [4.78, 5) is 12.3. The number of carbonyl (C=O) groups excluding carboxylic acids is 1. The van der Waals surface area contributed by atoms with Gasteiger partial charge < -0.3 is 9.84 Å². The molecule has 7 atom stereocenters. The Balaban J connectivity index is 1.64. The van der Waals surface area contributed by atoms with Gasteiger partial charge in [-0.3, -0.25) is 4.79 Å². The highest BCUT2D eigenvalue weighted by atomic mass is 16.5. The van der Waals surface area contributed by atoms with Crippen molar-refractivity contribution >= 4 is 5.97 Å². The number of fused-ring (bicyclic) bond motifs is 5. The van der Waals surface area contributed by atoms with E-state index >= 15 is 0 Å². The number of esters is 1. The van der Waals surface area contributed by atoms with Crippen molar-refractivity contribution in [2.75, 3.05) is 7.11 Å². The van der Waals surface area contributed by atoms with Gasteiger partial charge in [-0.25, -0.2) is 0 Å². The van der Waals surface area contributed by atoms with Gasteiger partial charge in [0.25, 0.3) is 0 Å². The summed E-state index contributed by atoms with van der Waals surface area (Å²) in [5.41, 5.74) is 1.94. The largest absolute Gasteiger partial charge is 0.469 e. The molecule has 0 aromatic carbocycles. The van der Waals surface area contributed by atoms with Crippen LogP contribution in [0.3, 0.4) is 0 Å². The van der Waals surface area contributed by atoms with E-state index in [0.29, 0.717) is 11.8 Å². The van der Waals surface area contributed by atoms with Crippen molar-refractivity contribution in [3.63, 3.8) is 0 Å². The molecule has 3 nitrogen and oxygen atoms in total. The third-order valence-corrected chi connectivity index (χ3v) is 8.56. The minimum absolute atomic E-state index is 0.0116. The number of rotatable bonds is 1. The number of ether oxygens (including phenoxy) is 1. The number of hydrogen-bond donors (Lipinski definition) is 1. The van der Waals surface area contributed by atoms with Gasteiger partial charge in [0.05, 0.1) is 19.1 Å². The minimum Gasteiger partial charge on any atom is -0.469 e. The normalized spacial score (nSPS) is 50.3. The zero-order valence-corrected chi connectivity index (χ0v) is 15.4. The molecule has 4 aliphatic rings. The molecule has 3 fully saturated rings. The zero-order valence-electron chi connectivity index (χ0n) is 15.4. The van der Waals surface area contributed by atoms with E-state index in [9.17, 15) is 9.90 Å². The van der Waals surface area contributed by atoms with Gasteiger partial charge in [-0.1, -0.05) is 25.5 Å². The van der Waals surface area contributed by atoms with Crippen LogP contribution in [0.25, 0.3) is 0 Å². The lowest BCUT2D eigenvalue weighted by molar-refractivity contribution is -0.152. The number of carbonyl (C=O) groups is 1. The van der Waals surface area contributed by atoms with E-state index in [-0.39, 0.29) is 28.8 Å². The summed E-state index contributed by atoms with van der Waals surface area (Å²) < 4.78 is 5.12. The Morgan fingerprint density at radius 2 is 1.96 bits per heavy atom. The Labute approximate surface area is 145 Å². The molecule has 0 aliphatic heterocycles. The highest BCUT2D eigenvalue weighted by molar-refractivity contribution is 5.73. The van der Waals surface area contributed by atoms with E-state index in [1.807, 2.05) is 0 Å². The van der Waals surface area contributed by atoms with Crippen molar-refractivity contribution in [2.24, 2.45) is 34.5 Å². The van der Waals surface area contributed by atoms with Crippen LogP contribution in [0.2, 0.25) is 0 Å². The smallest absolute Gasteiger partial charge is 0.309 e. The second-order valence-electron chi connectivity index (χ2n) is 9.35. The molecule has 0 aromatic heterocycles. The maximum atomic E-state index is 12.3. The predicted octanol–water partition coefficient (Wildman–Crippen LogP) is 4.10. The molecule has 3 saturated carbocycles. The average Bonchev–Trinajstić information content (AvgIpc) is 2.92. The third kappa shape index (κ3) is 2.16. The van der Waals surface area contributed by atoms with Crippen molar-refractivity contribution in [3.05, 3.63) is 11.6 Å². The lowest BCUT2D eigenvalue weighted by Gasteiger charge is -2.57. The van der Waals surface area contributed by atoms with Gasteiger partial charge in [0.1, 0.15) is 0 Å². The van der Waals surface area contributed by atoms with Crippen LogP contribution in [0.5, 0.6) is 0 Å². The average molecular weight is 332 g/mol. The Morgan fingerprint density at radius 1 is 1.17 bits per heavy atom. The predicted molar refractivity (Wildman–Crippen MR) is 93.2 cm³/mol. The molecule has 1 N–H and O–H groups in total. The summed E-state index contributed by atoms with van der Waals surface area (Å²) in [6, 6.07) is 0. The molecule has 24 heavy (non-hydrogen) atoms. The summed E-state index contributed by atoms with van der Waals surface area (Å²) in [6.45, 7) is 4.81. The molecule has 0 aromatic rings. The molecule has 0 unspecified atom stereocenters. The quantitative estimate of drug-likeness (QED) is 0.581. The van der Waals surface area contributed by atoms with Crippen molar-refractivity contribution in [3.8, 4) is 0 Å². The van der Waals surface area contributed by atoms with Crippen LogP contribution in [-0.2, 0) is 9.53 Å². The second-order valence-corrected chi connectivity index (χ2v) is 9.35. The van der Waals surface area contributed by atoms with E-state index in [2.05, 4.69) is 19.9 Å². The zero-order chi connectivity index (χ0) is 17.1. The number of aliphatic hydroxyl groups excluding tert-OH is 1. The van der Waals surface area contributed by atoms with Crippen LogP contribution in [0.1, 0.15) is 65.2 Å². The van der Waals surface area contributed by atoms with E-state index in [0.717, 1.165) is 44.4 Å². The highest BCUT2D eigenvalue weighted by Crippen LogP contribution is 2.66. The van der Waals surface area contributed by atoms with Crippen molar-refractivity contribution in [2.45, 2.75) is 71.3 Å². The fourth-order valence-electron chi connectivity index (χ4n) is 7.17. The fraction of sp³-hybridized carbons (Fsp3) is 0.857. The van der Waals surface area contributed by atoms with Crippen molar-refractivity contribution < 1.29 is 14.6 Å². The molecule has 4 aliphatic carbocycles. The number of methoxy groups -OCH3 is 1. The van der Waals surface area contributed by atoms with Crippen LogP contribution in [0.4, 0.5) is 0 Å². The van der Waals surface area contributed by atoms with Crippen LogP contribution in [0, 0.1) is 34.5 Å². The maximum absolute atomic E-state index is 12.3. The Hall–Kier alpha value is -0.830. The van der Waals surface area contributed by atoms with Gasteiger partial charge in [-0.15, -0.1) is 0 Å². The third-order valence-electron chi connectivity index (χ3n) is 8.56. The van der Waals surface area contributed by atoms with E-state index in [1.54, 1.807) is 0 Å². The first-order chi connectivity index (χ1) is 11.4. The molecule has 3 heteroatoms. The lowest BCUT2D eigenvalue weighted by atomic mass is 9.47. The number of allylic oxidation sites excluding steroid dienone is 1. The molecule has 4 rings (SSSR count). The monoisotopic (exact) mass is 332 g/mol. The molecule has 0 heterocycles. The SMILES string of the molecule is COC(=O)[C@H]1CC[C@H]2[C@H]3CC=C4C[C@@H](O)CC[C@]4(C)[C@@H]3CC[C@]12C. The first kappa shape index (κ1) is 16.6. The number of aliphatic hydroxyl groups is 1. The summed E-state index contributed by atoms with van der Waals surface area (Å²) in [5, 5.41) is 10.1. The van der Waals surface area contributed by atoms with Gasteiger partial charge >= 0.3 is 5.97 Å². The molecule has 0 amide bonds. The van der Waals surface area contributed by atoms with Crippen LogP contribution >= 0.6 is 0 Å². The summed E-state index contributed by atoms with van der Waals surface area (Å²) >= 11 is 0. The Bertz CT molecular complexity index is 567. The van der Waals surface area contributed by atoms with Crippen LogP contribution < -0.4 is 0 Å². The molecule has 0 spiro atoms. The van der Waals surface area contributed by atoms with Gasteiger partial charge in [0.15, 0.2) is 0 Å². The van der Waals surface area contributed by atoms with Gasteiger partial charge in [0, 0.05) is 0 Å². The first-order valence-corrected chi connectivity index (χ1v) is 9.85. The molecule has 0 bridgehead atoms. The van der Waals surface area contributed by atoms with Crippen molar-refractivity contribution in [1.29, 1.82) is 0 Å². The topological polar surface area (TPSA) is 46.5 Å². The highest BCUT2D eigenvalue weighted by Gasteiger charge is 2.60. The standard InChI is InChI=1S/C21H32O3/c1-20-10-8-14(22)12-13(20)4-5-15-16-6-7-18(19(23)24-3)21(16,2)11-9-17(15)20/h4,14-18,22H,5-12H2,1-3H3/t14-,15+,16-,17+,18+,20-,21-/m0/s1. The second kappa shape index (κ2) is 5.59. The molecule has 0 saturated heterocycles. The first-order valence-electron chi connectivity index (χ1n) is 9.85. The summed E-state index contributed by atoms with van der Waals surface area (Å²) in [6.07, 6.45) is 11.0. The molecular weight excluding hydrogens is 300 g/mol. The van der Waals surface area contributed by atoms with E-state index < -0.39 is 0 Å². The lowest BCUT2D eigenvalue weighted by Crippen LogP contribution is -2.51. The number of hydrogen-bond acceptors (Lipinski definition) is 3. The van der Waals surface area contributed by atoms with E-state index in [1.165, 1.54) is 25.5 Å². The Kier molecular flexibility index (Phi) is 3.87.